The van der Waals surface area contributed by atoms with Crippen molar-refractivity contribution in [2.75, 3.05) is 5.32 Å². The molecule has 0 unspecified atom stereocenters. The van der Waals surface area contributed by atoms with Crippen LogP contribution in [0.2, 0.25) is 0 Å². The number of carboxylic acid groups (broad SMARTS) is 1. The van der Waals surface area contributed by atoms with Crippen LogP contribution in [0.25, 0.3) is 0 Å². The Morgan fingerprint density at radius 3 is 2.41 bits per heavy atom. The Hall–Kier alpha value is -1.52. The minimum Gasteiger partial charge on any atom is -0.476 e. The summed E-state index contributed by atoms with van der Waals surface area (Å²) in [5, 5.41) is 11.8. The van der Waals surface area contributed by atoms with E-state index in [9.17, 15) is 4.79 Å². The minimum absolute atomic E-state index is 0.0842. The molecule has 0 spiro atoms. The van der Waals surface area contributed by atoms with Crippen LogP contribution in [0, 0.1) is 5.41 Å². The summed E-state index contributed by atoms with van der Waals surface area (Å²) in [5.74, 6) is -1.09. The highest BCUT2D eigenvalue weighted by Crippen LogP contribution is 2.29. The maximum Gasteiger partial charge on any atom is 0.357 e. The molecular formula is C12H20N2O3. The van der Waals surface area contributed by atoms with Crippen molar-refractivity contribution in [2.45, 2.75) is 46.6 Å². The molecule has 17 heavy (non-hydrogen) atoms. The van der Waals surface area contributed by atoms with Gasteiger partial charge in [0.05, 0.1) is 0 Å². The Kier molecular flexibility index (Phi) is 3.50. The zero-order chi connectivity index (χ0) is 13.3. The van der Waals surface area contributed by atoms with Crippen LogP contribution >= 0.6 is 0 Å². The van der Waals surface area contributed by atoms with Gasteiger partial charge in [-0.05, 0) is 25.7 Å². The number of aromatic carboxylic acids is 1. The molecule has 1 aromatic rings. The van der Waals surface area contributed by atoms with E-state index in [1.165, 1.54) is 0 Å². The maximum atomic E-state index is 10.7. The number of carbonyl (C=O) groups is 1. The first kappa shape index (κ1) is 13.5. The van der Waals surface area contributed by atoms with Crippen molar-refractivity contribution >= 4 is 12.0 Å². The van der Waals surface area contributed by atoms with Gasteiger partial charge in [0, 0.05) is 5.54 Å². The van der Waals surface area contributed by atoms with Crippen LogP contribution in [0.5, 0.6) is 0 Å². The number of anilines is 1. The average molecular weight is 240 g/mol. The monoisotopic (exact) mass is 240 g/mol. The molecule has 0 atom stereocenters. The van der Waals surface area contributed by atoms with Crippen LogP contribution in [0.15, 0.2) is 10.7 Å². The molecule has 0 radical (unpaired) electrons. The number of carboxylic acids is 1. The van der Waals surface area contributed by atoms with Gasteiger partial charge in [-0.15, -0.1) is 0 Å². The number of hydrogen-bond acceptors (Lipinski definition) is 4. The van der Waals surface area contributed by atoms with Crippen molar-refractivity contribution in [3.63, 3.8) is 0 Å². The lowest BCUT2D eigenvalue weighted by Gasteiger charge is -2.32. The summed E-state index contributed by atoms with van der Waals surface area (Å²) in [7, 11) is 0. The number of hydrogen-bond donors (Lipinski definition) is 2. The van der Waals surface area contributed by atoms with E-state index in [-0.39, 0.29) is 22.7 Å². The smallest absolute Gasteiger partial charge is 0.357 e. The van der Waals surface area contributed by atoms with Gasteiger partial charge in [0.2, 0.25) is 0 Å². The van der Waals surface area contributed by atoms with Crippen LogP contribution in [0.3, 0.4) is 0 Å². The van der Waals surface area contributed by atoms with Gasteiger partial charge in [0.25, 0.3) is 6.01 Å². The van der Waals surface area contributed by atoms with Crippen LogP contribution in [-0.2, 0) is 0 Å². The summed E-state index contributed by atoms with van der Waals surface area (Å²) < 4.78 is 5.07. The fourth-order valence-corrected chi connectivity index (χ4v) is 2.09. The summed E-state index contributed by atoms with van der Waals surface area (Å²) in [5.41, 5.74) is -0.128. The SMILES string of the molecule is CC(C)(C)CC(C)(C)Nc1nc(C(=O)O)co1. The molecule has 0 aliphatic rings. The number of rotatable bonds is 4. The molecule has 0 bridgehead atoms. The number of nitrogens with zero attached hydrogens (tertiary/aromatic N) is 1. The van der Waals surface area contributed by atoms with E-state index in [1.807, 2.05) is 13.8 Å². The lowest BCUT2D eigenvalue weighted by molar-refractivity contribution is 0.0690. The molecule has 0 aliphatic carbocycles. The van der Waals surface area contributed by atoms with E-state index >= 15 is 0 Å². The van der Waals surface area contributed by atoms with E-state index in [4.69, 9.17) is 9.52 Å². The van der Waals surface area contributed by atoms with E-state index in [1.54, 1.807) is 0 Å². The largest absolute Gasteiger partial charge is 0.476 e. The second kappa shape index (κ2) is 4.39. The van der Waals surface area contributed by atoms with Crippen LogP contribution in [0.1, 0.15) is 51.5 Å². The molecule has 1 heterocycles. The third-order valence-electron chi connectivity index (χ3n) is 2.14. The van der Waals surface area contributed by atoms with Crippen molar-refractivity contribution in [3.8, 4) is 0 Å². The molecule has 0 saturated carbocycles. The summed E-state index contributed by atoms with van der Waals surface area (Å²) >= 11 is 0. The molecule has 0 aliphatic heterocycles. The zero-order valence-electron chi connectivity index (χ0n) is 11.0. The zero-order valence-corrected chi connectivity index (χ0v) is 11.0. The first-order chi connectivity index (χ1) is 7.59. The van der Waals surface area contributed by atoms with E-state index in [0.717, 1.165) is 12.7 Å². The summed E-state index contributed by atoms with van der Waals surface area (Å²) in [4.78, 5) is 14.5. The Labute approximate surface area is 101 Å². The lowest BCUT2D eigenvalue weighted by Crippen LogP contribution is -2.35. The van der Waals surface area contributed by atoms with Crippen molar-refractivity contribution in [1.82, 2.24) is 4.98 Å². The van der Waals surface area contributed by atoms with Crippen molar-refractivity contribution < 1.29 is 14.3 Å². The van der Waals surface area contributed by atoms with E-state index in [2.05, 4.69) is 31.1 Å². The topological polar surface area (TPSA) is 75.4 Å². The van der Waals surface area contributed by atoms with Crippen molar-refractivity contribution in [1.29, 1.82) is 0 Å². The molecule has 0 aromatic carbocycles. The van der Waals surface area contributed by atoms with Gasteiger partial charge in [0.1, 0.15) is 6.26 Å². The van der Waals surface area contributed by atoms with Crippen LogP contribution in [0.4, 0.5) is 6.01 Å². The Morgan fingerprint density at radius 2 is 2.00 bits per heavy atom. The van der Waals surface area contributed by atoms with Crippen LogP contribution < -0.4 is 5.32 Å². The predicted molar refractivity (Wildman–Crippen MR) is 65.2 cm³/mol. The molecular weight excluding hydrogens is 220 g/mol. The highest BCUT2D eigenvalue weighted by Gasteiger charge is 2.27. The normalized spacial score (nSPS) is 12.5. The molecule has 2 N–H and O–H groups in total. The third kappa shape index (κ3) is 4.46. The third-order valence-corrected chi connectivity index (χ3v) is 2.14. The van der Waals surface area contributed by atoms with Crippen LogP contribution in [-0.4, -0.2) is 21.6 Å². The van der Waals surface area contributed by atoms with Gasteiger partial charge in [-0.1, -0.05) is 20.8 Å². The summed E-state index contributed by atoms with van der Waals surface area (Å²) in [6, 6.07) is 0.247. The molecule has 0 saturated heterocycles. The molecule has 5 nitrogen and oxygen atoms in total. The molecule has 0 amide bonds. The summed E-state index contributed by atoms with van der Waals surface area (Å²) in [6.07, 6.45) is 2.04. The first-order valence-corrected chi connectivity index (χ1v) is 5.56. The van der Waals surface area contributed by atoms with Gasteiger partial charge in [-0.3, -0.25) is 0 Å². The fourth-order valence-electron chi connectivity index (χ4n) is 2.09. The Balaban J connectivity index is 2.72. The highest BCUT2D eigenvalue weighted by molar-refractivity contribution is 5.85. The number of aromatic nitrogens is 1. The fraction of sp³-hybridized carbons (Fsp3) is 0.667. The van der Waals surface area contributed by atoms with Gasteiger partial charge in [-0.25, -0.2) is 4.79 Å². The van der Waals surface area contributed by atoms with Gasteiger partial charge < -0.3 is 14.8 Å². The molecule has 0 fully saturated rings. The predicted octanol–water partition coefficient (Wildman–Crippen LogP) is 3.00. The standard InChI is InChI=1S/C12H20N2O3/c1-11(2,3)7-12(4,5)14-10-13-8(6-17-10)9(15)16/h6H,7H2,1-5H3,(H,13,14)(H,15,16). The Morgan fingerprint density at radius 1 is 1.41 bits per heavy atom. The van der Waals surface area contributed by atoms with Crippen molar-refractivity contribution in [2.24, 2.45) is 5.41 Å². The average Bonchev–Trinajstić information content (AvgIpc) is 2.46. The van der Waals surface area contributed by atoms with Gasteiger partial charge in [0.15, 0.2) is 5.69 Å². The molecule has 1 aromatic heterocycles. The number of nitrogens with one attached hydrogen (secondary N) is 1. The number of oxazole rings is 1. The molecule has 5 heteroatoms. The quantitative estimate of drug-likeness (QED) is 0.846. The Bertz CT molecular complexity index is 402. The minimum atomic E-state index is -1.09. The van der Waals surface area contributed by atoms with E-state index in [0.29, 0.717) is 0 Å². The molecule has 96 valence electrons. The van der Waals surface area contributed by atoms with Crippen molar-refractivity contribution in [3.05, 3.63) is 12.0 Å². The summed E-state index contributed by atoms with van der Waals surface area (Å²) in [6.45, 7) is 10.5. The maximum absolute atomic E-state index is 10.7. The highest BCUT2D eigenvalue weighted by atomic mass is 16.4. The lowest BCUT2D eigenvalue weighted by atomic mass is 9.82. The van der Waals surface area contributed by atoms with Gasteiger partial charge >= 0.3 is 5.97 Å². The first-order valence-electron chi connectivity index (χ1n) is 5.56. The van der Waals surface area contributed by atoms with Gasteiger partial charge in [-0.2, -0.15) is 4.98 Å². The second-order valence-electron chi connectivity index (χ2n) is 6.09. The second-order valence-corrected chi connectivity index (χ2v) is 6.09. The molecule has 1 rings (SSSR count). The van der Waals surface area contributed by atoms with E-state index < -0.39 is 5.97 Å².